The highest BCUT2D eigenvalue weighted by atomic mass is 14.4. The van der Waals surface area contributed by atoms with Gasteiger partial charge in [0, 0.05) is 0 Å². The largest absolute Gasteiger partial charge is 0.0651 e. The van der Waals surface area contributed by atoms with Crippen LogP contribution in [0.15, 0.2) is 206 Å². The molecule has 0 nitrogen and oxygen atoms in total. The zero-order valence-corrected chi connectivity index (χ0v) is 62.1. The van der Waals surface area contributed by atoms with E-state index in [1.165, 1.54) is 243 Å². The Hall–Kier alpha value is -10.1. The van der Waals surface area contributed by atoms with Crippen LogP contribution >= 0.6 is 0 Å². The Balaban J connectivity index is 1.01. The van der Waals surface area contributed by atoms with Crippen molar-refractivity contribution in [3.8, 4) is 134 Å². The van der Waals surface area contributed by atoms with Crippen LogP contribution in [0.25, 0.3) is 198 Å². The Morgan fingerprint density at radius 2 is 0.431 bits per heavy atom. The summed E-state index contributed by atoms with van der Waals surface area (Å²) in [5.74, 6) is 2.52. The maximum atomic E-state index is 2.72. The highest BCUT2D eigenvalue weighted by Crippen LogP contribution is 2.67. The number of benzene rings is 15. The number of hydrogen-bond donors (Lipinski definition) is 0. The van der Waals surface area contributed by atoms with E-state index in [1.54, 1.807) is 0 Å². The molecule has 0 unspecified atom stereocenters. The quantitative estimate of drug-likeness (QED) is 0.101. The van der Waals surface area contributed by atoms with Gasteiger partial charge in [0.05, 0.1) is 0 Å². The molecule has 15 aromatic rings. The van der Waals surface area contributed by atoms with Crippen LogP contribution in [0.5, 0.6) is 0 Å². The molecule has 0 fully saturated rings. The summed E-state index contributed by atoms with van der Waals surface area (Å²) in [5, 5.41) is 16.3. The predicted octanol–water partition coefficient (Wildman–Crippen LogP) is 30.7. The van der Waals surface area contributed by atoms with Crippen molar-refractivity contribution in [3.05, 3.63) is 251 Å². The van der Waals surface area contributed by atoms with E-state index in [0.717, 1.165) is 12.8 Å². The van der Waals surface area contributed by atoms with Gasteiger partial charge in [0.15, 0.2) is 0 Å². The van der Waals surface area contributed by atoms with Gasteiger partial charge in [-0.3, -0.25) is 0 Å². The molecule has 0 aliphatic heterocycles. The molecule has 0 spiro atoms. The molecular weight excluding hydrogens is 1230 g/mol. The van der Waals surface area contributed by atoms with Crippen LogP contribution in [0, 0.1) is 0 Å². The molecule has 0 aromatic heterocycles. The van der Waals surface area contributed by atoms with Crippen molar-refractivity contribution in [1.29, 1.82) is 0 Å². The Labute approximate surface area is 603 Å². The summed E-state index contributed by atoms with van der Waals surface area (Å²) in [6.45, 7) is 35.5. The lowest BCUT2D eigenvalue weighted by molar-refractivity contribution is 0.864. The number of aryl methyl sites for hydroxylation is 1. The zero-order valence-electron chi connectivity index (χ0n) is 62.1. The van der Waals surface area contributed by atoms with Crippen molar-refractivity contribution >= 4 is 64.6 Å². The molecule has 4 aliphatic rings. The molecule has 0 heteroatoms. The van der Waals surface area contributed by atoms with Crippen LogP contribution in [-0.2, 0) is 6.42 Å². The molecule has 102 heavy (non-hydrogen) atoms. The first kappa shape index (κ1) is 62.8. The van der Waals surface area contributed by atoms with Gasteiger partial charge in [0.25, 0.3) is 0 Å². The Kier molecular flexibility index (Phi) is 14.1. The van der Waals surface area contributed by atoms with Crippen molar-refractivity contribution in [3.63, 3.8) is 0 Å². The maximum Gasteiger partial charge on any atom is -0.000740 e. The molecule has 498 valence electrons. The van der Waals surface area contributed by atoms with E-state index in [4.69, 9.17) is 0 Å². The van der Waals surface area contributed by atoms with Gasteiger partial charge in [-0.05, 0) is 303 Å². The second kappa shape index (κ2) is 22.9. The SMILES string of the molecule is CCCc1c2c(c(C(C)C)c3ccccc13)-c1ccc3c4c(ccc-2c14)-c1c-3c(-c2ccc(C(C)C)cc2)c2cc3c(-c4ccc(C(C)C)cc4)c4c(c(-c5ccc(C(C)C)cc5)c3cc2c1-c1ccc(C(C)C)cc1)-c1ccc2c3c(ccc-4c13)-c1c-2c(C(C)C)c2ccccc2c1C(C)C. The highest BCUT2D eigenvalue weighted by Gasteiger charge is 2.41. The average molecular weight is 1320 g/mol. The van der Waals surface area contributed by atoms with E-state index < -0.39 is 0 Å². The molecule has 0 saturated carbocycles. The molecule has 0 amide bonds. The Bertz CT molecular complexity index is 5870. The van der Waals surface area contributed by atoms with Gasteiger partial charge < -0.3 is 0 Å². The number of hydrogen-bond acceptors (Lipinski definition) is 0. The smallest absolute Gasteiger partial charge is 0.000740 e. The molecule has 0 atom stereocenters. The van der Waals surface area contributed by atoms with Crippen molar-refractivity contribution in [1.82, 2.24) is 0 Å². The van der Waals surface area contributed by atoms with Crippen LogP contribution in [0.4, 0.5) is 0 Å². The van der Waals surface area contributed by atoms with Gasteiger partial charge in [-0.15, -0.1) is 0 Å². The third-order valence-electron chi connectivity index (χ3n) is 24.6. The van der Waals surface area contributed by atoms with E-state index in [0.29, 0.717) is 41.4 Å². The summed E-state index contributed by atoms with van der Waals surface area (Å²) < 4.78 is 0. The molecule has 0 heterocycles. The normalized spacial score (nSPS) is 13.0. The minimum atomic E-state index is 0.320. The van der Waals surface area contributed by atoms with Gasteiger partial charge in [0.1, 0.15) is 0 Å². The summed E-state index contributed by atoms with van der Waals surface area (Å²) in [7, 11) is 0. The fourth-order valence-electron chi connectivity index (χ4n) is 20.0. The van der Waals surface area contributed by atoms with Crippen LogP contribution < -0.4 is 0 Å². The van der Waals surface area contributed by atoms with Gasteiger partial charge in [-0.2, -0.15) is 0 Å². The molecule has 4 aliphatic carbocycles. The minimum absolute atomic E-state index is 0.320. The predicted molar refractivity (Wildman–Crippen MR) is 444 cm³/mol. The van der Waals surface area contributed by atoms with E-state index in [2.05, 4.69) is 310 Å². The minimum Gasteiger partial charge on any atom is -0.0651 e. The van der Waals surface area contributed by atoms with Gasteiger partial charge in [-0.1, -0.05) is 304 Å². The first-order chi connectivity index (χ1) is 49.4. The van der Waals surface area contributed by atoms with E-state index in [1.807, 2.05) is 0 Å². The van der Waals surface area contributed by atoms with Crippen molar-refractivity contribution in [2.75, 3.05) is 0 Å². The topological polar surface area (TPSA) is 0 Å². The fourth-order valence-corrected chi connectivity index (χ4v) is 20.0. The lowest BCUT2D eigenvalue weighted by Crippen LogP contribution is -2.01. The number of fused-ring (bicyclic) bond motifs is 16. The summed E-state index contributed by atoms with van der Waals surface area (Å²) in [6.07, 6.45) is 2.11. The monoisotopic (exact) mass is 1310 g/mol. The first-order valence-electron chi connectivity index (χ1n) is 38.4. The van der Waals surface area contributed by atoms with Crippen LogP contribution in [0.1, 0.15) is 196 Å². The maximum absolute atomic E-state index is 2.72. The van der Waals surface area contributed by atoms with Crippen molar-refractivity contribution in [2.45, 2.75) is 158 Å². The van der Waals surface area contributed by atoms with Crippen LogP contribution in [0.3, 0.4) is 0 Å². The molecule has 0 N–H and O–H groups in total. The summed E-state index contributed by atoms with van der Waals surface area (Å²) >= 11 is 0. The summed E-state index contributed by atoms with van der Waals surface area (Å²) in [5.41, 5.74) is 43.6. The van der Waals surface area contributed by atoms with Crippen molar-refractivity contribution < 1.29 is 0 Å². The Morgan fingerprint density at radius 1 is 0.206 bits per heavy atom. The molecule has 0 saturated heterocycles. The average Bonchev–Trinajstić information content (AvgIpc) is 1.51. The van der Waals surface area contributed by atoms with Gasteiger partial charge >= 0.3 is 0 Å². The van der Waals surface area contributed by atoms with E-state index >= 15 is 0 Å². The van der Waals surface area contributed by atoms with Gasteiger partial charge in [-0.25, -0.2) is 0 Å². The second-order valence-corrected chi connectivity index (χ2v) is 32.7. The van der Waals surface area contributed by atoms with Crippen molar-refractivity contribution in [2.24, 2.45) is 0 Å². The fraction of sp³-hybridized carbons (Fsp3) is 0.235. The third kappa shape index (κ3) is 8.62. The Morgan fingerprint density at radius 3 is 0.676 bits per heavy atom. The first-order valence-corrected chi connectivity index (χ1v) is 38.4. The lowest BCUT2D eigenvalue weighted by atomic mass is 9.77. The molecule has 15 aromatic carbocycles. The molecule has 0 bridgehead atoms. The third-order valence-corrected chi connectivity index (χ3v) is 24.6. The summed E-state index contributed by atoms with van der Waals surface area (Å²) in [4.78, 5) is 0. The summed E-state index contributed by atoms with van der Waals surface area (Å²) in [6, 6.07) is 83.6. The van der Waals surface area contributed by atoms with Crippen LogP contribution in [-0.4, -0.2) is 0 Å². The molecular formula is C102H90. The zero-order chi connectivity index (χ0) is 69.9. The second-order valence-electron chi connectivity index (χ2n) is 32.7. The number of rotatable bonds is 13. The van der Waals surface area contributed by atoms with Crippen LogP contribution in [0.2, 0.25) is 0 Å². The van der Waals surface area contributed by atoms with E-state index in [9.17, 15) is 0 Å². The highest BCUT2D eigenvalue weighted by molar-refractivity contribution is 6.37. The molecule has 0 radical (unpaired) electrons. The van der Waals surface area contributed by atoms with E-state index in [-0.39, 0.29) is 0 Å². The van der Waals surface area contributed by atoms with Gasteiger partial charge in [0.2, 0.25) is 0 Å². The molecule has 19 rings (SSSR count). The lowest BCUT2D eigenvalue weighted by Gasteiger charge is -2.25. The standard InChI is InChI=1S/C102H90/c1-16-21-68-67-22-17-18-23-69(67)84(56(10)11)96-73-44-47-77-94-76(43-42-72(91(68)96)92(73)94)99-87(63-34-26-59(27-35-63)52(2)3)80-50-82-83(51-81(80)88(100(77)99)64-36-28-60(29-37-64)53(4)5)90(66-40-32-62(33-41-66)55(8)9)102-79-49-46-75-93-74(97-85(57(12)13)70-24-19-20-25-71(70)86(58(14)15)98(75)97)45-48-78(95(79)93)101(102)89(82)65-38-30-61(31-39-65)54(6)7/h17-20,22-58H,16,21H2,1-15H3.